The van der Waals surface area contributed by atoms with Crippen LogP contribution in [-0.4, -0.2) is 28.7 Å². The van der Waals surface area contributed by atoms with Crippen molar-refractivity contribution in [3.63, 3.8) is 0 Å². The Bertz CT molecular complexity index is 1050. The van der Waals surface area contributed by atoms with Crippen LogP contribution < -0.4 is 10.6 Å². The monoisotopic (exact) mass is 437 g/mol. The van der Waals surface area contributed by atoms with E-state index >= 15 is 0 Å². The summed E-state index contributed by atoms with van der Waals surface area (Å²) in [5.41, 5.74) is 8.11. The Kier molecular flexibility index (Phi) is 3.71. The molecule has 0 saturated carbocycles. The SMILES string of the molecule is NC(=O)C1C2C(=O)N(c3ccc(Br)cc3)C(=O)C2C2c3ccccc3C=CN12. The third-order valence-electron chi connectivity index (χ3n) is 5.84. The first kappa shape index (κ1) is 17.2. The molecule has 140 valence electrons. The highest BCUT2D eigenvalue weighted by atomic mass is 79.9. The van der Waals surface area contributed by atoms with Crippen molar-refractivity contribution in [1.82, 2.24) is 4.90 Å². The molecule has 2 aromatic rings. The largest absolute Gasteiger partial charge is 0.368 e. The molecule has 4 unspecified atom stereocenters. The van der Waals surface area contributed by atoms with Gasteiger partial charge >= 0.3 is 0 Å². The number of hydrogen-bond donors (Lipinski definition) is 1. The van der Waals surface area contributed by atoms with Crippen molar-refractivity contribution in [1.29, 1.82) is 0 Å². The molecule has 0 aromatic heterocycles. The lowest BCUT2D eigenvalue weighted by Gasteiger charge is -2.34. The minimum atomic E-state index is -0.850. The lowest BCUT2D eigenvalue weighted by Crippen LogP contribution is -2.46. The van der Waals surface area contributed by atoms with E-state index in [4.69, 9.17) is 5.73 Å². The standard InChI is InChI=1S/C21H16BrN3O3/c22-12-5-7-13(8-6-12)25-20(27)15-16(21(25)28)18(19(23)26)24-10-9-11-3-1-2-4-14(11)17(15)24/h1-10,15-18H,(H2,23,26). The van der Waals surface area contributed by atoms with Gasteiger partial charge in [-0.25, -0.2) is 4.90 Å². The normalized spacial score (nSPS) is 27.6. The van der Waals surface area contributed by atoms with Crippen LogP contribution in [0.5, 0.6) is 0 Å². The van der Waals surface area contributed by atoms with E-state index < -0.39 is 23.8 Å². The van der Waals surface area contributed by atoms with Crippen molar-refractivity contribution >= 4 is 45.4 Å². The molecule has 6 nitrogen and oxygen atoms in total. The number of carbonyl (C=O) groups is 3. The van der Waals surface area contributed by atoms with Crippen LogP contribution in [0.15, 0.2) is 59.2 Å². The molecular formula is C21H16BrN3O3. The molecule has 5 rings (SSSR count). The lowest BCUT2D eigenvalue weighted by atomic mass is 9.84. The number of halogens is 1. The van der Waals surface area contributed by atoms with E-state index in [-0.39, 0.29) is 17.9 Å². The molecule has 3 amide bonds. The summed E-state index contributed by atoms with van der Waals surface area (Å²) in [6.45, 7) is 0. The number of nitrogens with zero attached hydrogens (tertiary/aromatic N) is 2. The van der Waals surface area contributed by atoms with Crippen LogP contribution >= 0.6 is 15.9 Å². The second-order valence-corrected chi connectivity index (χ2v) is 8.14. The summed E-state index contributed by atoms with van der Waals surface area (Å²) < 4.78 is 0.850. The van der Waals surface area contributed by atoms with Gasteiger partial charge in [-0.3, -0.25) is 14.4 Å². The van der Waals surface area contributed by atoms with Crippen molar-refractivity contribution in [3.8, 4) is 0 Å². The van der Waals surface area contributed by atoms with E-state index in [0.717, 1.165) is 15.6 Å². The zero-order valence-electron chi connectivity index (χ0n) is 14.7. The van der Waals surface area contributed by atoms with Crippen molar-refractivity contribution in [2.24, 2.45) is 17.6 Å². The predicted molar refractivity (Wildman–Crippen MR) is 107 cm³/mol. The highest BCUT2D eigenvalue weighted by Crippen LogP contribution is 2.52. The molecule has 0 spiro atoms. The molecule has 3 aliphatic rings. The van der Waals surface area contributed by atoms with Gasteiger partial charge in [0.2, 0.25) is 17.7 Å². The second kappa shape index (κ2) is 6.04. The van der Waals surface area contributed by atoms with Crippen molar-refractivity contribution in [2.45, 2.75) is 12.1 Å². The summed E-state index contributed by atoms with van der Waals surface area (Å²) >= 11 is 3.36. The molecule has 0 aliphatic carbocycles. The van der Waals surface area contributed by atoms with E-state index in [0.29, 0.717) is 5.69 Å². The van der Waals surface area contributed by atoms with E-state index in [2.05, 4.69) is 15.9 Å². The number of imide groups is 1. The average Bonchev–Trinajstić information content (AvgIpc) is 3.16. The highest BCUT2D eigenvalue weighted by Gasteiger charge is 2.64. The minimum Gasteiger partial charge on any atom is -0.368 e. The summed E-state index contributed by atoms with van der Waals surface area (Å²) in [6.07, 6.45) is 3.68. The number of amides is 3. The second-order valence-electron chi connectivity index (χ2n) is 7.22. The van der Waals surface area contributed by atoms with E-state index in [1.165, 1.54) is 4.90 Å². The number of benzene rings is 2. The average molecular weight is 438 g/mol. The molecule has 3 aliphatic heterocycles. The number of nitrogens with two attached hydrogens (primary N) is 1. The first-order valence-electron chi connectivity index (χ1n) is 8.96. The van der Waals surface area contributed by atoms with Crippen molar-refractivity contribution < 1.29 is 14.4 Å². The summed E-state index contributed by atoms with van der Waals surface area (Å²) in [7, 11) is 0. The highest BCUT2D eigenvalue weighted by molar-refractivity contribution is 9.10. The Labute approximate surface area is 169 Å². The van der Waals surface area contributed by atoms with Crippen LogP contribution in [0.25, 0.3) is 6.08 Å². The minimum absolute atomic E-state index is 0.291. The van der Waals surface area contributed by atoms with Crippen LogP contribution in [0.1, 0.15) is 17.2 Å². The Morgan fingerprint density at radius 3 is 2.36 bits per heavy atom. The summed E-state index contributed by atoms with van der Waals surface area (Å²) in [5, 5.41) is 0. The number of rotatable bonds is 2. The molecular weight excluding hydrogens is 422 g/mol. The summed E-state index contributed by atoms with van der Waals surface area (Å²) in [6, 6.07) is 13.5. The Hall–Kier alpha value is -2.93. The molecule has 0 bridgehead atoms. The third-order valence-corrected chi connectivity index (χ3v) is 6.37. The van der Waals surface area contributed by atoms with Gasteiger partial charge in [0.15, 0.2) is 0 Å². The maximum atomic E-state index is 13.4. The topological polar surface area (TPSA) is 83.7 Å². The van der Waals surface area contributed by atoms with Crippen LogP contribution in [0, 0.1) is 11.8 Å². The number of primary amides is 1. The van der Waals surface area contributed by atoms with Gasteiger partial charge in [0.25, 0.3) is 0 Å². The van der Waals surface area contributed by atoms with Gasteiger partial charge in [0, 0.05) is 10.7 Å². The van der Waals surface area contributed by atoms with Gasteiger partial charge in [0.05, 0.1) is 23.6 Å². The first-order chi connectivity index (χ1) is 13.5. The zero-order chi connectivity index (χ0) is 19.6. The molecule has 2 fully saturated rings. The van der Waals surface area contributed by atoms with Crippen LogP contribution in [0.2, 0.25) is 0 Å². The summed E-state index contributed by atoms with van der Waals surface area (Å²) in [5.74, 6) is -2.71. The Morgan fingerprint density at radius 1 is 0.964 bits per heavy atom. The van der Waals surface area contributed by atoms with Gasteiger partial charge in [0.1, 0.15) is 6.04 Å². The quantitative estimate of drug-likeness (QED) is 0.731. The van der Waals surface area contributed by atoms with E-state index in [1.54, 1.807) is 35.4 Å². The van der Waals surface area contributed by atoms with Crippen LogP contribution in [0.4, 0.5) is 5.69 Å². The maximum Gasteiger partial charge on any atom is 0.240 e. The summed E-state index contributed by atoms with van der Waals surface area (Å²) in [4.78, 5) is 42.0. The fraction of sp³-hybridized carbons (Fsp3) is 0.190. The molecule has 3 heterocycles. The molecule has 2 saturated heterocycles. The predicted octanol–water partition coefficient (Wildman–Crippen LogP) is 2.45. The Balaban J connectivity index is 1.65. The maximum absolute atomic E-state index is 13.4. The van der Waals surface area contributed by atoms with Gasteiger partial charge in [-0.2, -0.15) is 0 Å². The van der Waals surface area contributed by atoms with Crippen LogP contribution in [0.3, 0.4) is 0 Å². The fourth-order valence-electron chi connectivity index (χ4n) is 4.73. The lowest BCUT2D eigenvalue weighted by molar-refractivity contribution is -0.129. The molecule has 28 heavy (non-hydrogen) atoms. The van der Waals surface area contributed by atoms with Gasteiger partial charge in [-0.05, 0) is 41.5 Å². The molecule has 2 aromatic carbocycles. The fourth-order valence-corrected chi connectivity index (χ4v) is 4.99. The zero-order valence-corrected chi connectivity index (χ0v) is 16.2. The smallest absolute Gasteiger partial charge is 0.240 e. The third kappa shape index (κ3) is 2.22. The number of carbonyl (C=O) groups excluding carboxylic acids is 3. The number of fused-ring (bicyclic) bond motifs is 5. The van der Waals surface area contributed by atoms with E-state index in [1.807, 2.05) is 30.3 Å². The van der Waals surface area contributed by atoms with Crippen molar-refractivity contribution in [3.05, 3.63) is 70.3 Å². The molecule has 0 radical (unpaired) electrons. The van der Waals surface area contributed by atoms with Crippen molar-refractivity contribution in [2.75, 3.05) is 4.90 Å². The molecule has 7 heteroatoms. The number of hydrogen-bond acceptors (Lipinski definition) is 4. The van der Waals surface area contributed by atoms with Gasteiger partial charge in [-0.1, -0.05) is 40.2 Å². The molecule has 4 atom stereocenters. The first-order valence-corrected chi connectivity index (χ1v) is 9.75. The van der Waals surface area contributed by atoms with E-state index in [9.17, 15) is 14.4 Å². The van der Waals surface area contributed by atoms with Crippen LogP contribution in [-0.2, 0) is 14.4 Å². The number of anilines is 1. The van der Waals surface area contributed by atoms with Gasteiger partial charge in [-0.15, -0.1) is 0 Å². The Morgan fingerprint density at radius 2 is 1.64 bits per heavy atom. The van der Waals surface area contributed by atoms with Gasteiger partial charge < -0.3 is 10.6 Å². The molecule has 2 N–H and O–H groups in total.